The van der Waals surface area contributed by atoms with E-state index in [1.165, 1.54) is 23.5 Å². The van der Waals surface area contributed by atoms with Gasteiger partial charge in [0.05, 0.1) is 11.6 Å². The number of carbonyl (C=O) groups excluding carboxylic acids is 2. The Bertz CT molecular complexity index is 1280. The van der Waals surface area contributed by atoms with Crippen molar-refractivity contribution in [2.45, 2.75) is 25.7 Å². The van der Waals surface area contributed by atoms with Crippen LogP contribution in [0.4, 0.5) is 10.1 Å². The maximum absolute atomic E-state index is 14.0. The molecule has 0 bridgehead atoms. The molecule has 3 aromatic rings. The molecule has 2 N–H and O–H groups in total. The number of piperidine rings is 1. The average Bonchev–Trinajstić information content (AvgIpc) is 3.40. The first-order valence-electron chi connectivity index (χ1n) is 11.8. The maximum atomic E-state index is 14.0. The number of halogens is 2. The van der Waals surface area contributed by atoms with Crippen LogP contribution in [0.25, 0.3) is 11.1 Å². The fraction of sp³-hybridized carbons (Fsp3) is 0.308. The number of thiocarbonyl (C=S) groups is 1. The molecule has 0 saturated carbocycles. The largest absolute Gasteiger partial charge is 0.465 e. The molecule has 4 rings (SSSR count). The summed E-state index contributed by atoms with van der Waals surface area (Å²) in [5.74, 6) is -0.882. The van der Waals surface area contributed by atoms with Crippen molar-refractivity contribution in [1.29, 1.82) is 0 Å². The van der Waals surface area contributed by atoms with Crippen molar-refractivity contribution in [3.05, 3.63) is 69.4 Å². The number of rotatable bonds is 7. The molecule has 0 radical (unpaired) electrons. The second kappa shape index (κ2) is 12.4. The monoisotopic (exact) mass is 560 g/mol. The molecule has 37 heavy (non-hydrogen) atoms. The SMILES string of the molecule is CCOC(=O)CNC(=S)N1CCC(c2nc(C(=O)Nc3ccc(F)cc3-c3ccc(Cl)cc3)cs2)CC1. The lowest BCUT2D eigenvalue weighted by atomic mass is 9.98. The number of ether oxygens (including phenoxy) is 1. The fourth-order valence-electron chi connectivity index (χ4n) is 4.06. The van der Waals surface area contributed by atoms with Crippen LogP contribution < -0.4 is 10.6 Å². The number of carbonyl (C=O) groups is 2. The number of aromatic nitrogens is 1. The molecule has 0 aliphatic carbocycles. The number of hydrogen-bond acceptors (Lipinski definition) is 6. The number of amides is 1. The van der Waals surface area contributed by atoms with Gasteiger partial charge in [-0.25, -0.2) is 9.37 Å². The van der Waals surface area contributed by atoms with Crippen molar-refractivity contribution in [3.63, 3.8) is 0 Å². The Kier molecular flexibility index (Phi) is 9.07. The molecule has 1 aliphatic rings. The molecule has 1 aliphatic heterocycles. The number of nitrogens with one attached hydrogen (secondary N) is 2. The molecule has 2 heterocycles. The van der Waals surface area contributed by atoms with Crippen molar-refractivity contribution in [1.82, 2.24) is 15.2 Å². The number of anilines is 1. The van der Waals surface area contributed by atoms with E-state index in [1.54, 1.807) is 42.6 Å². The van der Waals surface area contributed by atoms with E-state index >= 15 is 0 Å². The number of esters is 1. The van der Waals surface area contributed by atoms with Crippen LogP contribution in [0.1, 0.15) is 41.2 Å². The lowest BCUT2D eigenvalue weighted by molar-refractivity contribution is -0.141. The smallest absolute Gasteiger partial charge is 0.325 e. The molecule has 0 atom stereocenters. The highest BCUT2D eigenvalue weighted by atomic mass is 35.5. The molecule has 194 valence electrons. The Morgan fingerprint density at radius 3 is 2.65 bits per heavy atom. The highest BCUT2D eigenvalue weighted by Crippen LogP contribution is 2.32. The quantitative estimate of drug-likeness (QED) is 0.293. The second-order valence-corrected chi connectivity index (χ2v) is 10.2. The summed E-state index contributed by atoms with van der Waals surface area (Å²) in [5.41, 5.74) is 2.10. The van der Waals surface area contributed by atoms with E-state index in [0.29, 0.717) is 33.7 Å². The van der Waals surface area contributed by atoms with E-state index in [2.05, 4.69) is 15.6 Å². The first-order valence-corrected chi connectivity index (χ1v) is 13.5. The summed E-state index contributed by atoms with van der Waals surface area (Å²) in [4.78, 5) is 31.2. The van der Waals surface area contributed by atoms with Crippen LogP contribution in [0.15, 0.2) is 47.8 Å². The highest BCUT2D eigenvalue weighted by Gasteiger charge is 2.25. The molecule has 2 aromatic carbocycles. The van der Waals surface area contributed by atoms with Gasteiger partial charge in [0.25, 0.3) is 5.91 Å². The van der Waals surface area contributed by atoms with Crippen molar-refractivity contribution in [2.24, 2.45) is 0 Å². The van der Waals surface area contributed by atoms with Crippen molar-refractivity contribution >= 4 is 57.8 Å². The predicted octanol–water partition coefficient (Wildman–Crippen LogP) is 5.47. The molecule has 11 heteroatoms. The van der Waals surface area contributed by atoms with Crippen LogP contribution in [-0.2, 0) is 9.53 Å². The standard InChI is InChI=1S/C26H26ClFN4O3S2/c1-2-35-23(33)14-29-26(36)32-11-9-17(10-12-32)25-31-22(15-37-25)24(34)30-21-8-7-19(28)13-20(21)16-3-5-18(27)6-4-16/h3-8,13,15,17H,2,9-12,14H2,1H3,(H,29,36)(H,30,34). The summed E-state index contributed by atoms with van der Waals surface area (Å²) in [6, 6.07) is 11.2. The van der Waals surface area contributed by atoms with Gasteiger partial charge in [0.2, 0.25) is 0 Å². The molecule has 0 unspecified atom stereocenters. The lowest BCUT2D eigenvalue weighted by Crippen LogP contribution is -2.45. The van der Waals surface area contributed by atoms with Crippen molar-refractivity contribution < 1.29 is 18.7 Å². The van der Waals surface area contributed by atoms with Crippen LogP contribution in [0.3, 0.4) is 0 Å². The molecule has 0 spiro atoms. The van der Waals surface area contributed by atoms with E-state index in [4.69, 9.17) is 28.6 Å². The summed E-state index contributed by atoms with van der Waals surface area (Å²) in [6.07, 6.45) is 1.66. The van der Waals surface area contributed by atoms with Gasteiger partial charge >= 0.3 is 5.97 Å². The van der Waals surface area contributed by atoms with Gasteiger partial charge in [0, 0.05) is 40.7 Å². The van der Waals surface area contributed by atoms with Crippen molar-refractivity contribution in [3.8, 4) is 11.1 Å². The van der Waals surface area contributed by atoms with Crippen LogP contribution in [0, 0.1) is 5.82 Å². The first kappa shape index (κ1) is 27.0. The topological polar surface area (TPSA) is 83.6 Å². The molecule has 1 aromatic heterocycles. The lowest BCUT2D eigenvalue weighted by Gasteiger charge is -2.33. The van der Waals surface area contributed by atoms with Crippen LogP contribution >= 0.6 is 35.2 Å². The Morgan fingerprint density at radius 2 is 1.95 bits per heavy atom. The molecule has 1 saturated heterocycles. The number of likely N-dealkylation sites (tertiary alicyclic amines) is 1. The third-order valence-corrected chi connectivity index (χ3v) is 7.62. The second-order valence-electron chi connectivity index (χ2n) is 8.45. The van der Waals surface area contributed by atoms with Gasteiger partial charge < -0.3 is 20.3 Å². The zero-order valence-corrected chi connectivity index (χ0v) is 22.5. The van der Waals surface area contributed by atoms with Crippen LogP contribution in [0.2, 0.25) is 5.02 Å². The molecular formula is C26H26ClFN4O3S2. The predicted molar refractivity (Wildman–Crippen MR) is 148 cm³/mol. The van der Waals surface area contributed by atoms with E-state index < -0.39 is 5.82 Å². The number of hydrogen-bond donors (Lipinski definition) is 2. The van der Waals surface area contributed by atoms with Gasteiger partial charge in [0.15, 0.2) is 5.11 Å². The van der Waals surface area contributed by atoms with E-state index in [1.807, 2.05) is 4.90 Å². The fourth-order valence-corrected chi connectivity index (χ4v) is 5.41. The van der Waals surface area contributed by atoms with Crippen LogP contribution in [-0.4, -0.2) is 53.1 Å². The van der Waals surface area contributed by atoms with Crippen LogP contribution in [0.5, 0.6) is 0 Å². The third-order valence-electron chi connectivity index (χ3n) is 5.96. The van der Waals surface area contributed by atoms with Crippen molar-refractivity contribution in [2.75, 3.05) is 31.6 Å². The number of benzene rings is 2. The van der Waals surface area contributed by atoms with E-state index in [-0.39, 0.29) is 24.3 Å². The normalized spacial score (nSPS) is 13.8. The summed E-state index contributed by atoms with van der Waals surface area (Å²) >= 11 is 12.8. The third kappa shape index (κ3) is 7.03. The van der Waals surface area contributed by atoms with E-state index in [9.17, 15) is 14.0 Å². The van der Waals surface area contributed by atoms with Gasteiger partial charge in [-0.3, -0.25) is 9.59 Å². The zero-order chi connectivity index (χ0) is 26.4. The number of nitrogens with zero attached hydrogens (tertiary/aromatic N) is 2. The zero-order valence-electron chi connectivity index (χ0n) is 20.1. The minimum Gasteiger partial charge on any atom is -0.465 e. The molecule has 7 nitrogen and oxygen atoms in total. The van der Waals surface area contributed by atoms with Gasteiger partial charge in [-0.15, -0.1) is 11.3 Å². The Morgan fingerprint density at radius 1 is 1.22 bits per heavy atom. The minimum atomic E-state index is -0.402. The summed E-state index contributed by atoms with van der Waals surface area (Å²) < 4.78 is 18.9. The highest BCUT2D eigenvalue weighted by molar-refractivity contribution is 7.80. The first-order chi connectivity index (χ1) is 17.8. The number of thiazole rings is 1. The van der Waals surface area contributed by atoms with Gasteiger partial charge in [-0.2, -0.15) is 0 Å². The summed E-state index contributed by atoms with van der Waals surface area (Å²) in [7, 11) is 0. The molecular weight excluding hydrogens is 535 g/mol. The average molecular weight is 561 g/mol. The Labute approximate surface area is 229 Å². The Balaban J connectivity index is 1.36. The van der Waals surface area contributed by atoms with Gasteiger partial charge in [-0.1, -0.05) is 23.7 Å². The Hall–Kier alpha value is -3.08. The minimum absolute atomic E-state index is 0.0470. The van der Waals surface area contributed by atoms with Gasteiger partial charge in [-0.05, 0) is 67.9 Å². The molecule has 1 amide bonds. The van der Waals surface area contributed by atoms with E-state index in [0.717, 1.165) is 36.5 Å². The van der Waals surface area contributed by atoms with Gasteiger partial charge in [0.1, 0.15) is 18.1 Å². The summed E-state index contributed by atoms with van der Waals surface area (Å²) in [6.45, 7) is 3.59. The summed E-state index contributed by atoms with van der Waals surface area (Å²) in [5, 5.41) is 9.55. The molecule has 1 fully saturated rings. The maximum Gasteiger partial charge on any atom is 0.325 e.